The quantitative estimate of drug-likeness (QED) is 0.715. The molecule has 26 heavy (non-hydrogen) atoms. The van der Waals surface area contributed by atoms with E-state index in [4.69, 9.17) is 17.3 Å². The zero-order valence-electron chi connectivity index (χ0n) is 14.5. The maximum Gasteiger partial charge on any atom is 0.258 e. The van der Waals surface area contributed by atoms with Gasteiger partial charge in [-0.05, 0) is 23.5 Å². The molecule has 0 spiro atoms. The van der Waals surface area contributed by atoms with Crippen LogP contribution in [-0.2, 0) is 4.79 Å². The van der Waals surface area contributed by atoms with Crippen LogP contribution in [0.25, 0.3) is 0 Å². The summed E-state index contributed by atoms with van der Waals surface area (Å²) in [6.07, 6.45) is 1.10. The van der Waals surface area contributed by atoms with Crippen molar-refractivity contribution in [3.05, 3.63) is 62.0 Å². The number of hydrogen-bond acceptors (Lipinski definition) is 5. The normalized spacial score (nSPS) is 21.0. The number of nitrogens with two attached hydrogens (primary N) is 1. The number of aromatic amines is 1. The third kappa shape index (κ3) is 2.61. The van der Waals surface area contributed by atoms with Crippen molar-refractivity contribution in [2.75, 3.05) is 11.1 Å². The molecule has 1 aliphatic carbocycles. The van der Waals surface area contributed by atoms with Crippen molar-refractivity contribution in [2.24, 2.45) is 5.41 Å². The minimum Gasteiger partial charge on any atom is -0.369 e. The third-order valence-electron chi connectivity index (χ3n) is 4.96. The summed E-state index contributed by atoms with van der Waals surface area (Å²) < 4.78 is 0. The van der Waals surface area contributed by atoms with Crippen LogP contribution in [0.4, 0.5) is 11.8 Å². The maximum atomic E-state index is 13.0. The minimum absolute atomic E-state index is 0.0237. The SMILES string of the molecule is CC1(C)CC(=O)C2=C(C1)Nc1nc(N)[nH]c(=O)c1C2c1ccccc1Cl. The fourth-order valence-corrected chi connectivity index (χ4v) is 4.20. The lowest BCUT2D eigenvalue weighted by atomic mass is 9.69. The lowest BCUT2D eigenvalue weighted by Crippen LogP contribution is -2.37. The van der Waals surface area contributed by atoms with E-state index in [1.54, 1.807) is 6.07 Å². The second-order valence-corrected chi connectivity index (χ2v) is 8.03. The van der Waals surface area contributed by atoms with E-state index in [0.29, 0.717) is 34.8 Å². The average molecular weight is 371 g/mol. The van der Waals surface area contributed by atoms with Crippen molar-refractivity contribution < 1.29 is 4.79 Å². The number of H-pyrrole nitrogens is 1. The second kappa shape index (κ2) is 5.71. The van der Waals surface area contributed by atoms with Gasteiger partial charge < -0.3 is 11.1 Å². The van der Waals surface area contributed by atoms with Gasteiger partial charge in [-0.2, -0.15) is 4.98 Å². The van der Waals surface area contributed by atoms with E-state index < -0.39 is 5.92 Å². The molecule has 0 fully saturated rings. The molecule has 2 aliphatic rings. The van der Waals surface area contributed by atoms with Crippen molar-refractivity contribution in [3.8, 4) is 0 Å². The van der Waals surface area contributed by atoms with Crippen LogP contribution >= 0.6 is 11.6 Å². The third-order valence-corrected chi connectivity index (χ3v) is 5.30. The Morgan fingerprint density at radius 2 is 1.96 bits per heavy atom. The molecule has 2 heterocycles. The summed E-state index contributed by atoms with van der Waals surface area (Å²) in [5, 5.41) is 3.70. The van der Waals surface area contributed by atoms with Gasteiger partial charge in [-0.25, -0.2) is 0 Å². The maximum absolute atomic E-state index is 13.0. The lowest BCUT2D eigenvalue weighted by Gasteiger charge is -2.38. The smallest absolute Gasteiger partial charge is 0.258 e. The summed E-state index contributed by atoms with van der Waals surface area (Å²) in [7, 11) is 0. The first-order chi connectivity index (χ1) is 12.3. The van der Waals surface area contributed by atoms with Gasteiger partial charge in [-0.1, -0.05) is 43.6 Å². The predicted molar refractivity (Wildman–Crippen MR) is 101 cm³/mol. The molecule has 0 bridgehead atoms. The van der Waals surface area contributed by atoms with E-state index in [1.165, 1.54) is 0 Å². The number of benzene rings is 1. The van der Waals surface area contributed by atoms with Crippen LogP contribution in [-0.4, -0.2) is 15.8 Å². The second-order valence-electron chi connectivity index (χ2n) is 7.63. The predicted octanol–water partition coefficient (Wildman–Crippen LogP) is 3.21. The van der Waals surface area contributed by atoms with Crippen LogP contribution < -0.4 is 16.6 Å². The fourth-order valence-electron chi connectivity index (χ4n) is 3.95. The van der Waals surface area contributed by atoms with Crippen LogP contribution in [0, 0.1) is 5.41 Å². The molecule has 0 radical (unpaired) electrons. The van der Waals surface area contributed by atoms with E-state index in [1.807, 2.05) is 18.2 Å². The molecule has 1 aromatic heterocycles. The molecule has 134 valence electrons. The van der Waals surface area contributed by atoms with Crippen molar-refractivity contribution >= 4 is 29.2 Å². The Hall–Kier alpha value is -2.60. The summed E-state index contributed by atoms with van der Waals surface area (Å²) in [5.41, 5.74) is 7.68. The number of carbonyl (C=O) groups excluding carboxylic acids is 1. The summed E-state index contributed by atoms with van der Waals surface area (Å²) in [4.78, 5) is 32.5. The number of allylic oxidation sites excluding steroid dienone is 2. The molecule has 1 aromatic carbocycles. The number of nitrogen functional groups attached to an aromatic ring is 1. The number of nitrogens with zero attached hydrogens (tertiary/aromatic N) is 1. The number of nitrogens with one attached hydrogen (secondary N) is 2. The van der Waals surface area contributed by atoms with Crippen LogP contribution in [0.1, 0.15) is 43.7 Å². The zero-order chi connectivity index (χ0) is 18.6. The van der Waals surface area contributed by atoms with Crippen LogP contribution in [0.15, 0.2) is 40.3 Å². The molecule has 0 amide bonds. The van der Waals surface area contributed by atoms with Gasteiger partial charge in [0.05, 0.1) is 5.56 Å². The first kappa shape index (κ1) is 16.8. The van der Waals surface area contributed by atoms with Gasteiger partial charge in [-0.15, -0.1) is 0 Å². The number of aromatic nitrogens is 2. The topological polar surface area (TPSA) is 101 Å². The molecule has 7 heteroatoms. The Kier molecular flexibility index (Phi) is 3.70. The highest BCUT2D eigenvalue weighted by molar-refractivity contribution is 6.31. The standard InChI is InChI=1S/C19H19ClN4O2/c1-19(2)7-11-14(12(25)8-19)13(9-5-3-4-6-10(9)20)15-16(22-11)23-18(21)24-17(15)26/h3-6,13H,7-8H2,1-2H3,(H4,21,22,23,24,26). The molecule has 2 aromatic rings. The number of halogens is 1. The summed E-state index contributed by atoms with van der Waals surface area (Å²) in [5.74, 6) is -0.115. The first-order valence-electron chi connectivity index (χ1n) is 8.44. The lowest BCUT2D eigenvalue weighted by molar-refractivity contribution is -0.118. The zero-order valence-corrected chi connectivity index (χ0v) is 15.3. The average Bonchev–Trinajstić information content (AvgIpc) is 2.52. The number of anilines is 2. The molecule has 4 rings (SSSR count). The Morgan fingerprint density at radius 1 is 1.23 bits per heavy atom. The van der Waals surface area contributed by atoms with Gasteiger partial charge >= 0.3 is 0 Å². The number of ketones is 1. The number of rotatable bonds is 1. The van der Waals surface area contributed by atoms with Crippen molar-refractivity contribution in [3.63, 3.8) is 0 Å². The molecule has 1 unspecified atom stereocenters. The highest BCUT2D eigenvalue weighted by Crippen LogP contribution is 2.48. The number of hydrogen-bond donors (Lipinski definition) is 3. The number of Topliss-reactive ketones (excluding diaryl/α,β-unsaturated/α-hetero) is 1. The van der Waals surface area contributed by atoms with Crippen LogP contribution in [0.5, 0.6) is 0 Å². The van der Waals surface area contributed by atoms with Gasteiger partial charge in [-0.3, -0.25) is 14.6 Å². The number of fused-ring (bicyclic) bond motifs is 1. The molecule has 0 saturated carbocycles. The molecule has 4 N–H and O–H groups in total. The van der Waals surface area contributed by atoms with Gasteiger partial charge in [0.2, 0.25) is 5.95 Å². The summed E-state index contributed by atoms with van der Waals surface area (Å²) in [6.45, 7) is 4.10. The molecule has 0 saturated heterocycles. The summed E-state index contributed by atoms with van der Waals surface area (Å²) in [6, 6.07) is 7.27. The number of carbonyl (C=O) groups is 1. The molecular formula is C19H19ClN4O2. The first-order valence-corrected chi connectivity index (χ1v) is 8.82. The van der Waals surface area contributed by atoms with Gasteiger partial charge in [0, 0.05) is 28.6 Å². The molecule has 6 nitrogen and oxygen atoms in total. The molecule has 1 aliphatic heterocycles. The fraction of sp³-hybridized carbons (Fsp3) is 0.316. The van der Waals surface area contributed by atoms with E-state index >= 15 is 0 Å². The molecule has 1 atom stereocenters. The Balaban J connectivity index is 2.03. The van der Waals surface area contributed by atoms with Gasteiger partial charge in [0.1, 0.15) is 5.82 Å². The van der Waals surface area contributed by atoms with E-state index in [-0.39, 0.29) is 22.7 Å². The van der Waals surface area contributed by atoms with Crippen molar-refractivity contribution in [1.29, 1.82) is 0 Å². The summed E-state index contributed by atoms with van der Waals surface area (Å²) >= 11 is 6.43. The van der Waals surface area contributed by atoms with E-state index in [9.17, 15) is 9.59 Å². The Morgan fingerprint density at radius 3 is 2.69 bits per heavy atom. The van der Waals surface area contributed by atoms with E-state index in [2.05, 4.69) is 29.1 Å². The minimum atomic E-state index is -0.560. The van der Waals surface area contributed by atoms with Crippen LogP contribution in [0.2, 0.25) is 5.02 Å². The Labute approximate surface area is 155 Å². The van der Waals surface area contributed by atoms with Gasteiger partial charge in [0.25, 0.3) is 5.56 Å². The van der Waals surface area contributed by atoms with E-state index in [0.717, 1.165) is 11.3 Å². The highest BCUT2D eigenvalue weighted by Gasteiger charge is 2.42. The highest BCUT2D eigenvalue weighted by atomic mass is 35.5. The van der Waals surface area contributed by atoms with Crippen LogP contribution in [0.3, 0.4) is 0 Å². The molecular weight excluding hydrogens is 352 g/mol. The largest absolute Gasteiger partial charge is 0.369 e. The van der Waals surface area contributed by atoms with Crippen molar-refractivity contribution in [2.45, 2.75) is 32.6 Å². The van der Waals surface area contributed by atoms with Gasteiger partial charge in [0.15, 0.2) is 5.78 Å². The Bertz CT molecular complexity index is 1020. The monoisotopic (exact) mass is 370 g/mol. The van der Waals surface area contributed by atoms with Crippen molar-refractivity contribution in [1.82, 2.24) is 9.97 Å².